The first-order valence-electron chi connectivity index (χ1n) is 8.30. The van der Waals surface area contributed by atoms with Crippen LogP contribution in [-0.4, -0.2) is 33.0 Å². The molecule has 0 radical (unpaired) electrons. The predicted molar refractivity (Wildman–Crippen MR) is 91.7 cm³/mol. The van der Waals surface area contributed by atoms with Crippen LogP contribution in [0.1, 0.15) is 56.7 Å². The highest BCUT2D eigenvalue weighted by molar-refractivity contribution is 5.41. The van der Waals surface area contributed by atoms with Crippen molar-refractivity contribution in [2.75, 3.05) is 18.0 Å². The van der Waals surface area contributed by atoms with E-state index in [1.807, 2.05) is 19.2 Å². The number of hydrogen-bond donors (Lipinski definition) is 0. The van der Waals surface area contributed by atoms with Crippen LogP contribution in [0.2, 0.25) is 0 Å². The standard InChI is InChI=1S/C18H25N5/c1-13-19-8-7-15(22-13)14-6-5-9-23(11-14)17-10-16(18(2,3)4)20-12-21-17/h7-8,10,12,14H,5-6,9,11H2,1-4H3. The molecule has 1 aliphatic rings. The van der Waals surface area contributed by atoms with Gasteiger partial charge < -0.3 is 4.90 Å². The van der Waals surface area contributed by atoms with Crippen LogP contribution < -0.4 is 4.90 Å². The number of nitrogens with zero attached hydrogens (tertiary/aromatic N) is 5. The van der Waals surface area contributed by atoms with Crippen molar-refractivity contribution < 1.29 is 0 Å². The molecule has 0 aromatic carbocycles. The maximum Gasteiger partial charge on any atom is 0.132 e. The monoisotopic (exact) mass is 311 g/mol. The topological polar surface area (TPSA) is 54.8 Å². The number of piperidine rings is 1. The summed E-state index contributed by atoms with van der Waals surface area (Å²) in [6.45, 7) is 10.5. The van der Waals surface area contributed by atoms with Crippen molar-refractivity contribution in [1.82, 2.24) is 19.9 Å². The predicted octanol–water partition coefficient (Wildman–Crippen LogP) is 3.26. The highest BCUT2D eigenvalue weighted by Gasteiger charge is 2.25. The van der Waals surface area contributed by atoms with Crippen LogP contribution in [0.5, 0.6) is 0 Å². The molecule has 5 nitrogen and oxygen atoms in total. The van der Waals surface area contributed by atoms with E-state index in [1.165, 1.54) is 6.42 Å². The molecule has 3 rings (SSSR count). The fraction of sp³-hybridized carbons (Fsp3) is 0.556. The van der Waals surface area contributed by atoms with E-state index in [1.54, 1.807) is 6.33 Å². The second-order valence-corrected chi connectivity index (χ2v) is 7.33. The average molecular weight is 311 g/mol. The average Bonchev–Trinajstić information content (AvgIpc) is 2.54. The minimum Gasteiger partial charge on any atom is -0.356 e. The lowest BCUT2D eigenvalue weighted by Gasteiger charge is -2.33. The third-order valence-corrected chi connectivity index (χ3v) is 4.38. The van der Waals surface area contributed by atoms with E-state index in [0.29, 0.717) is 5.92 Å². The highest BCUT2D eigenvalue weighted by Crippen LogP contribution is 2.29. The van der Waals surface area contributed by atoms with Gasteiger partial charge in [0.2, 0.25) is 0 Å². The summed E-state index contributed by atoms with van der Waals surface area (Å²) in [5, 5.41) is 0. The Balaban J connectivity index is 1.81. The third-order valence-electron chi connectivity index (χ3n) is 4.38. The quantitative estimate of drug-likeness (QED) is 0.852. The largest absolute Gasteiger partial charge is 0.356 e. The Hall–Kier alpha value is -2.04. The molecule has 0 N–H and O–H groups in total. The van der Waals surface area contributed by atoms with E-state index in [9.17, 15) is 0 Å². The summed E-state index contributed by atoms with van der Waals surface area (Å²) in [6, 6.07) is 4.18. The fourth-order valence-electron chi connectivity index (χ4n) is 3.06. The number of rotatable bonds is 2. The molecular formula is C18H25N5. The van der Waals surface area contributed by atoms with Gasteiger partial charge in [-0.15, -0.1) is 0 Å². The number of hydrogen-bond acceptors (Lipinski definition) is 5. The lowest BCUT2D eigenvalue weighted by atomic mass is 9.91. The second kappa shape index (κ2) is 6.22. The summed E-state index contributed by atoms with van der Waals surface area (Å²) in [6.07, 6.45) is 5.88. The van der Waals surface area contributed by atoms with Gasteiger partial charge in [-0.25, -0.2) is 19.9 Å². The molecule has 1 fully saturated rings. The molecule has 1 atom stereocenters. The Kier molecular flexibility index (Phi) is 4.28. The molecule has 122 valence electrons. The minimum absolute atomic E-state index is 0.0383. The molecule has 1 aliphatic heterocycles. The number of aromatic nitrogens is 4. The van der Waals surface area contributed by atoms with Crippen molar-refractivity contribution in [2.24, 2.45) is 0 Å². The Morgan fingerprint density at radius 1 is 1.17 bits per heavy atom. The normalized spacial score (nSPS) is 19.0. The van der Waals surface area contributed by atoms with Crippen LogP contribution in [0, 0.1) is 6.92 Å². The lowest BCUT2D eigenvalue weighted by molar-refractivity contribution is 0.495. The van der Waals surface area contributed by atoms with Crippen molar-refractivity contribution in [3.63, 3.8) is 0 Å². The molecule has 2 aromatic heterocycles. The first-order chi connectivity index (χ1) is 10.9. The summed E-state index contributed by atoms with van der Waals surface area (Å²) >= 11 is 0. The molecular weight excluding hydrogens is 286 g/mol. The molecule has 0 spiro atoms. The van der Waals surface area contributed by atoms with E-state index in [0.717, 1.165) is 42.5 Å². The Morgan fingerprint density at radius 2 is 2.00 bits per heavy atom. The van der Waals surface area contributed by atoms with E-state index >= 15 is 0 Å². The Morgan fingerprint density at radius 3 is 2.74 bits per heavy atom. The van der Waals surface area contributed by atoms with Gasteiger partial charge in [0, 0.05) is 42.4 Å². The van der Waals surface area contributed by atoms with Gasteiger partial charge in [0.05, 0.1) is 5.69 Å². The van der Waals surface area contributed by atoms with Crippen LogP contribution >= 0.6 is 0 Å². The summed E-state index contributed by atoms with van der Waals surface area (Å²) in [7, 11) is 0. The number of anilines is 1. The van der Waals surface area contributed by atoms with Crippen LogP contribution in [0.4, 0.5) is 5.82 Å². The third kappa shape index (κ3) is 3.66. The van der Waals surface area contributed by atoms with Gasteiger partial charge in [0.15, 0.2) is 0 Å². The summed E-state index contributed by atoms with van der Waals surface area (Å²) in [5.41, 5.74) is 2.27. The van der Waals surface area contributed by atoms with Crippen molar-refractivity contribution in [1.29, 1.82) is 0 Å². The SMILES string of the molecule is Cc1nccc(C2CCCN(c3cc(C(C)(C)C)ncn3)C2)n1. The molecule has 0 amide bonds. The van der Waals surface area contributed by atoms with Crippen LogP contribution in [0.25, 0.3) is 0 Å². The van der Waals surface area contributed by atoms with E-state index in [-0.39, 0.29) is 5.41 Å². The number of aryl methyl sites for hydroxylation is 1. The van der Waals surface area contributed by atoms with E-state index in [2.05, 4.69) is 51.7 Å². The van der Waals surface area contributed by atoms with E-state index < -0.39 is 0 Å². The zero-order valence-electron chi connectivity index (χ0n) is 14.5. The second-order valence-electron chi connectivity index (χ2n) is 7.33. The molecule has 5 heteroatoms. The van der Waals surface area contributed by atoms with Gasteiger partial charge in [-0.1, -0.05) is 20.8 Å². The zero-order valence-corrected chi connectivity index (χ0v) is 14.5. The molecule has 3 heterocycles. The summed E-state index contributed by atoms with van der Waals surface area (Å²) in [4.78, 5) is 20.1. The maximum absolute atomic E-state index is 4.61. The highest BCUT2D eigenvalue weighted by atomic mass is 15.2. The van der Waals surface area contributed by atoms with Gasteiger partial charge in [-0.3, -0.25) is 0 Å². The van der Waals surface area contributed by atoms with Gasteiger partial charge in [-0.05, 0) is 25.8 Å². The molecule has 1 unspecified atom stereocenters. The molecule has 1 saturated heterocycles. The van der Waals surface area contributed by atoms with Crippen molar-refractivity contribution in [3.05, 3.63) is 41.9 Å². The summed E-state index contributed by atoms with van der Waals surface area (Å²) in [5.74, 6) is 2.32. The van der Waals surface area contributed by atoms with E-state index in [4.69, 9.17) is 0 Å². The lowest BCUT2D eigenvalue weighted by Crippen LogP contribution is -2.35. The molecule has 0 saturated carbocycles. The van der Waals surface area contributed by atoms with Crippen LogP contribution in [0.3, 0.4) is 0 Å². The van der Waals surface area contributed by atoms with Crippen molar-refractivity contribution >= 4 is 5.82 Å². The van der Waals surface area contributed by atoms with Gasteiger partial charge >= 0.3 is 0 Å². The summed E-state index contributed by atoms with van der Waals surface area (Å²) < 4.78 is 0. The van der Waals surface area contributed by atoms with Crippen LogP contribution in [-0.2, 0) is 5.41 Å². The fourth-order valence-corrected chi connectivity index (χ4v) is 3.06. The molecule has 23 heavy (non-hydrogen) atoms. The first-order valence-corrected chi connectivity index (χ1v) is 8.30. The van der Waals surface area contributed by atoms with Crippen LogP contribution in [0.15, 0.2) is 24.7 Å². The Bertz CT molecular complexity index is 677. The molecule has 0 bridgehead atoms. The van der Waals surface area contributed by atoms with Crippen molar-refractivity contribution in [3.8, 4) is 0 Å². The van der Waals surface area contributed by atoms with Gasteiger partial charge in [0.25, 0.3) is 0 Å². The smallest absolute Gasteiger partial charge is 0.132 e. The first kappa shape index (κ1) is 15.8. The van der Waals surface area contributed by atoms with Gasteiger partial charge in [-0.2, -0.15) is 0 Å². The maximum atomic E-state index is 4.61. The Labute approximate surface area is 138 Å². The minimum atomic E-state index is 0.0383. The van der Waals surface area contributed by atoms with Crippen molar-refractivity contribution in [2.45, 2.75) is 51.9 Å². The molecule has 0 aliphatic carbocycles. The molecule has 2 aromatic rings. The van der Waals surface area contributed by atoms with Gasteiger partial charge in [0.1, 0.15) is 18.0 Å². The zero-order chi connectivity index (χ0) is 16.4.